The number of aliphatic imine (C=N–C) groups is 1. The van der Waals surface area contributed by atoms with Crippen LogP contribution in [0.1, 0.15) is 32.4 Å². The summed E-state index contributed by atoms with van der Waals surface area (Å²) < 4.78 is 7.44. The lowest BCUT2D eigenvalue weighted by molar-refractivity contribution is 0.155. The second kappa shape index (κ2) is 8.13. The summed E-state index contributed by atoms with van der Waals surface area (Å²) in [6.07, 6.45) is 7.61. The number of methoxy groups -OCH3 is 1. The molecule has 0 atom stereocenters. The molecule has 0 amide bonds. The molecule has 1 aliphatic carbocycles. The van der Waals surface area contributed by atoms with Gasteiger partial charge in [0.1, 0.15) is 17.2 Å². The molecule has 1 fully saturated rings. The van der Waals surface area contributed by atoms with Gasteiger partial charge in [-0.15, -0.1) is 0 Å². The number of hydrogen-bond acceptors (Lipinski definition) is 6. The molecule has 0 saturated heterocycles. The fourth-order valence-electron chi connectivity index (χ4n) is 2.90. The monoisotopic (exact) mass is 395 g/mol. The molecule has 0 radical (unpaired) electrons. The number of nitrogens with one attached hydrogen (secondary N) is 1. The van der Waals surface area contributed by atoms with Crippen LogP contribution in [0.5, 0.6) is 5.75 Å². The maximum absolute atomic E-state index is 10.5. The number of allylic oxidation sites excluding steroid dienone is 1. The van der Waals surface area contributed by atoms with Gasteiger partial charge in [0, 0.05) is 23.6 Å². The number of hydrogen-bond donors (Lipinski definition) is 3. The molecule has 1 aliphatic rings. The van der Waals surface area contributed by atoms with E-state index < -0.39 is 5.60 Å². The molecule has 1 saturated carbocycles. The molecule has 1 heterocycles. The summed E-state index contributed by atoms with van der Waals surface area (Å²) in [6.45, 7) is 9.27. The van der Waals surface area contributed by atoms with Crippen LogP contribution in [0, 0.1) is 12.8 Å². The Morgan fingerprint density at radius 3 is 2.72 bits per heavy atom. The minimum absolute atomic E-state index is 0.396. The van der Waals surface area contributed by atoms with Crippen LogP contribution in [0.15, 0.2) is 59.9 Å². The molecule has 0 aliphatic heterocycles. The largest absolute Gasteiger partial charge is 0.494 e. The number of aliphatic hydroxyl groups is 1. The Hall–Kier alpha value is -3.06. The third kappa shape index (κ3) is 5.26. The second-order valence-electron chi connectivity index (χ2n) is 7.86. The Kier molecular flexibility index (Phi) is 5.79. The van der Waals surface area contributed by atoms with E-state index in [1.807, 2.05) is 35.9 Å². The Bertz CT molecular complexity index is 962. The van der Waals surface area contributed by atoms with Crippen molar-refractivity contribution in [3.05, 3.63) is 60.6 Å². The van der Waals surface area contributed by atoms with Gasteiger partial charge in [-0.25, -0.2) is 9.98 Å². The molecule has 0 unspecified atom stereocenters. The topological polar surface area (TPSA) is 97.7 Å². The van der Waals surface area contributed by atoms with E-state index in [2.05, 4.69) is 21.9 Å². The van der Waals surface area contributed by atoms with Crippen LogP contribution >= 0.6 is 0 Å². The first-order valence-corrected chi connectivity index (χ1v) is 9.61. The summed E-state index contributed by atoms with van der Waals surface area (Å²) in [5.41, 5.74) is 8.77. The predicted octanol–water partition coefficient (Wildman–Crippen LogP) is 3.54. The summed E-state index contributed by atoms with van der Waals surface area (Å²) >= 11 is 0. The Balaban J connectivity index is 1.81. The lowest BCUT2D eigenvalue weighted by Crippen LogP contribution is -2.31. The average molecular weight is 396 g/mol. The van der Waals surface area contributed by atoms with Gasteiger partial charge in [0.2, 0.25) is 0 Å². The molecule has 7 heteroatoms. The number of anilines is 1. The van der Waals surface area contributed by atoms with Gasteiger partial charge < -0.3 is 25.5 Å². The predicted molar refractivity (Wildman–Crippen MR) is 116 cm³/mol. The number of rotatable bonds is 8. The standard InChI is InChI=1S/C22H29N5O2/c1-14-12-27(13-24-14)19-9-8-17(10-20(19)29-5)25-15(2)26-21(22(3,4)28)11-18(23)16-6-7-16/h8-13,16,25,28H,2,6-7,23H2,1,3-5H3/b18-11-,26-21+. The molecule has 0 bridgehead atoms. The van der Waals surface area contributed by atoms with Crippen molar-refractivity contribution < 1.29 is 9.84 Å². The summed E-state index contributed by atoms with van der Waals surface area (Å²) in [6, 6.07) is 5.71. The first kappa shape index (κ1) is 20.7. The highest BCUT2D eigenvalue weighted by atomic mass is 16.5. The molecule has 29 heavy (non-hydrogen) atoms. The molecule has 154 valence electrons. The quantitative estimate of drug-likeness (QED) is 0.594. The molecule has 0 spiro atoms. The maximum atomic E-state index is 10.5. The summed E-state index contributed by atoms with van der Waals surface area (Å²) in [4.78, 5) is 8.74. The van der Waals surface area contributed by atoms with Gasteiger partial charge in [0.15, 0.2) is 0 Å². The van der Waals surface area contributed by atoms with E-state index in [1.165, 1.54) is 0 Å². The highest BCUT2D eigenvalue weighted by Crippen LogP contribution is 2.34. The van der Waals surface area contributed by atoms with Crippen molar-refractivity contribution in [2.75, 3.05) is 12.4 Å². The van der Waals surface area contributed by atoms with Crippen LogP contribution in [0.25, 0.3) is 5.69 Å². The van der Waals surface area contributed by atoms with Gasteiger partial charge in [-0.3, -0.25) is 0 Å². The van der Waals surface area contributed by atoms with Gasteiger partial charge in [-0.1, -0.05) is 6.58 Å². The average Bonchev–Trinajstić information content (AvgIpc) is 3.41. The van der Waals surface area contributed by atoms with Gasteiger partial charge in [0.25, 0.3) is 0 Å². The smallest absolute Gasteiger partial charge is 0.144 e. The summed E-state index contributed by atoms with van der Waals surface area (Å²) in [5.74, 6) is 1.48. The number of benzene rings is 1. The highest BCUT2D eigenvalue weighted by molar-refractivity contribution is 6.02. The zero-order valence-corrected chi connectivity index (χ0v) is 17.4. The fourth-order valence-corrected chi connectivity index (χ4v) is 2.90. The van der Waals surface area contributed by atoms with E-state index in [9.17, 15) is 5.11 Å². The first-order valence-electron chi connectivity index (χ1n) is 9.61. The van der Waals surface area contributed by atoms with Crippen molar-refractivity contribution in [3.8, 4) is 11.4 Å². The number of aromatic nitrogens is 2. The van der Waals surface area contributed by atoms with Gasteiger partial charge in [0.05, 0.1) is 30.5 Å². The van der Waals surface area contributed by atoms with Crippen molar-refractivity contribution in [2.45, 2.75) is 39.2 Å². The fraction of sp³-hybridized carbons (Fsp3) is 0.364. The van der Waals surface area contributed by atoms with Gasteiger partial charge in [-0.2, -0.15) is 0 Å². The lowest BCUT2D eigenvalue weighted by atomic mass is 10.0. The minimum atomic E-state index is -1.13. The number of ether oxygens (including phenoxy) is 1. The van der Waals surface area contributed by atoms with Crippen molar-refractivity contribution >= 4 is 11.4 Å². The molecule has 3 rings (SSSR count). The molecular formula is C22H29N5O2. The van der Waals surface area contributed by atoms with Crippen LogP contribution in [0.4, 0.5) is 5.69 Å². The third-order valence-electron chi connectivity index (χ3n) is 4.69. The Labute approximate surface area is 171 Å². The van der Waals surface area contributed by atoms with E-state index >= 15 is 0 Å². The van der Waals surface area contributed by atoms with Crippen LogP contribution in [-0.4, -0.2) is 33.1 Å². The molecule has 2 aromatic rings. The van der Waals surface area contributed by atoms with Gasteiger partial charge >= 0.3 is 0 Å². The van der Waals surface area contributed by atoms with Crippen LogP contribution in [-0.2, 0) is 0 Å². The van der Waals surface area contributed by atoms with E-state index in [-0.39, 0.29) is 0 Å². The molecule has 7 nitrogen and oxygen atoms in total. The van der Waals surface area contributed by atoms with Crippen LogP contribution in [0.2, 0.25) is 0 Å². The number of nitrogens with zero attached hydrogens (tertiary/aromatic N) is 3. The normalized spacial score (nSPS) is 15.3. The van der Waals surface area contributed by atoms with Crippen molar-refractivity contribution in [1.82, 2.24) is 9.55 Å². The van der Waals surface area contributed by atoms with Crippen molar-refractivity contribution in [1.29, 1.82) is 0 Å². The van der Waals surface area contributed by atoms with E-state index in [1.54, 1.807) is 33.4 Å². The zero-order chi connectivity index (χ0) is 21.2. The molecule has 4 N–H and O–H groups in total. The Morgan fingerprint density at radius 1 is 1.45 bits per heavy atom. The summed E-state index contributed by atoms with van der Waals surface area (Å²) in [7, 11) is 1.62. The van der Waals surface area contributed by atoms with E-state index in [4.69, 9.17) is 10.5 Å². The second-order valence-corrected chi connectivity index (χ2v) is 7.86. The first-order chi connectivity index (χ1) is 13.7. The van der Waals surface area contributed by atoms with E-state index in [0.717, 1.165) is 35.6 Å². The lowest BCUT2D eigenvalue weighted by Gasteiger charge is -2.19. The Morgan fingerprint density at radius 2 is 2.17 bits per heavy atom. The van der Waals surface area contributed by atoms with Crippen molar-refractivity contribution in [2.24, 2.45) is 16.6 Å². The molecule has 1 aromatic heterocycles. The highest BCUT2D eigenvalue weighted by Gasteiger charge is 2.27. The minimum Gasteiger partial charge on any atom is -0.494 e. The van der Waals surface area contributed by atoms with Crippen molar-refractivity contribution in [3.63, 3.8) is 0 Å². The SMILES string of the molecule is C=C(/N=C(\C=C(/N)C1CC1)C(C)(C)O)Nc1ccc(-n2cnc(C)c2)c(OC)c1. The third-order valence-corrected chi connectivity index (χ3v) is 4.69. The van der Waals surface area contributed by atoms with Gasteiger partial charge in [-0.05, 0) is 57.7 Å². The van der Waals surface area contributed by atoms with Crippen LogP contribution in [0.3, 0.4) is 0 Å². The van der Waals surface area contributed by atoms with E-state index in [0.29, 0.717) is 23.2 Å². The molecule has 1 aromatic carbocycles. The zero-order valence-electron chi connectivity index (χ0n) is 17.4. The maximum Gasteiger partial charge on any atom is 0.144 e. The summed E-state index contributed by atoms with van der Waals surface area (Å²) in [5, 5.41) is 13.6. The number of aryl methyl sites for hydroxylation is 1. The van der Waals surface area contributed by atoms with Crippen LogP contribution < -0.4 is 15.8 Å². The number of nitrogens with two attached hydrogens (primary N) is 1. The molecular weight excluding hydrogens is 366 g/mol. The number of imidazole rings is 1.